The van der Waals surface area contributed by atoms with Crippen LogP contribution in [0, 0.1) is 22.7 Å². The van der Waals surface area contributed by atoms with Gasteiger partial charge in [-0.3, -0.25) is 9.36 Å². The number of amides is 2. The van der Waals surface area contributed by atoms with Crippen LogP contribution in [0.3, 0.4) is 0 Å². The molecule has 0 saturated heterocycles. The lowest BCUT2D eigenvalue weighted by molar-refractivity contribution is -0.162. The maximum Gasteiger partial charge on any atom is 0.315 e. The van der Waals surface area contributed by atoms with E-state index in [2.05, 4.69) is 57.5 Å². The number of aromatic hydroxyl groups is 2. The second-order valence-electron chi connectivity index (χ2n) is 15.3. The number of hydrogen-bond donors (Lipinski definition) is 5. The van der Waals surface area contributed by atoms with Crippen molar-refractivity contribution < 1.29 is 24.5 Å². The number of rotatable bonds is 15. The van der Waals surface area contributed by atoms with Gasteiger partial charge < -0.3 is 30.9 Å². The minimum Gasteiger partial charge on any atom is -0.494 e. The molecule has 2 unspecified atom stereocenters. The van der Waals surface area contributed by atoms with Crippen LogP contribution in [0.4, 0.5) is 4.79 Å². The molecule has 1 aromatic rings. The molecule has 236 valence electrons. The number of carbonyl (C=O) groups excluding carboxylic acids is 2. The van der Waals surface area contributed by atoms with E-state index in [4.69, 9.17) is 4.74 Å². The third-order valence-corrected chi connectivity index (χ3v) is 9.16. The van der Waals surface area contributed by atoms with Crippen molar-refractivity contribution in [2.45, 2.75) is 125 Å². The molecule has 0 aliphatic heterocycles. The second kappa shape index (κ2) is 12.4. The molecule has 2 rings (SSSR count). The lowest BCUT2D eigenvalue weighted by Gasteiger charge is -2.35. The molecular formula is C32H58N4O5. The molecule has 0 spiro atoms. The molecule has 5 N–H and O–H groups in total. The number of carbonyl (C=O) groups is 2. The van der Waals surface area contributed by atoms with Gasteiger partial charge in [-0.05, 0) is 62.7 Å². The molecule has 1 fully saturated rings. The summed E-state index contributed by atoms with van der Waals surface area (Å²) < 4.78 is 7.14. The third-order valence-electron chi connectivity index (χ3n) is 9.16. The molecule has 0 bridgehead atoms. The molecule has 41 heavy (non-hydrogen) atoms. The Labute approximate surface area is 248 Å². The van der Waals surface area contributed by atoms with E-state index in [0.717, 1.165) is 12.0 Å². The summed E-state index contributed by atoms with van der Waals surface area (Å²) in [4.78, 5) is 24.5. The number of urea groups is 1. The Kier molecular flexibility index (Phi) is 10.6. The topological polar surface area (TPSA) is 125 Å². The number of aromatic nitrogens is 1. The molecule has 0 radical (unpaired) electrons. The van der Waals surface area contributed by atoms with Gasteiger partial charge in [-0.2, -0.15) is 0 Å². The van der Waals surface area contributed by atoms with E-state index in [1.807, 2.05) is 27.7 Å². The van der Waals surface area contributed by atoms with Crippen LogP contribution in [0.2, 0.25) is 0 Å². The van der Waals surface area contributed by atoms with E-state index in [1.54, 1.807) is 19.9 Å². The van der Waals surface area contributed by atoms with Gasteiger partial charge in [0.15, 0.2) is 11.8 Å². The summed E-state index contributed by atoms with van der Waals surface area (Å²) in [5.41, 5.74) is -0.294. The zero-order valence-electron chi connectivity index (χ0n) is 27.7. The van der Waals surface area contributed by atoms with Gasteiger partial charge in [-0.1, -0.05) is 55.4 Å². The van der Waals surface area contributed by atoms with Crippen molar-refractivity contribution >= 4 is 12.0 Å². The van der Waals surface area contributed by atoms with Crippen molar-refractivity contribution in [1.29, 1.82) is 0 Å². The van der Waals surface area contributed by atoms with Gasteiger partial charge in [0.25, 0.3) is 0 Å². The van der Waals surface area contributed by atoms with Gasteiger partial charge in [-0.15, -0.1) is 0 Å². The highest BCUT2D eigenvalue weighted by Crippen LogP contribution is 2.71. The lowest BCUT2D eigenvalue weighted by atomic mass is 9.72. The summed E-state index contributed by atoms with van der Waals surface area (Å²) in [5, 5.41) is 30.7. The number of hydrogen-bond acceptors (Lipinski definition) is 6. The Balaban J connectivity index is 1.80. The molecule has 1 heterocycles. The predicted octanol–water partition coefficient (Wildman–Crippen LogP) is 5.67. The van der Waals surface area contributed by atoms with E-state index in [0.29, 0.717) is 43.9 Å². The Bertz CT molecular complexity index is 1070. The monoisotopic (exact) mass is 578 g/mol. The smallest absolute Gasteiger partial charge is 0.315 e. The van der Waals surface area contributed by atoms with E-state index in [-0.39, 0.29) is 40.5 Å². The average Bonchev–Trinajstić information content (AvgIpc) is 3.21. The van der Waals surface area contributed by atoms with Gasteiger partial charge >= 0.3 is 12.0 Å². The zero-order chi connectivity index (χ0) is 31.6. The van der Waals surface area contributed by atoms with Crippen LogP contribution in [0.25, 0.3) is 0 Å². The number of nitrogens with zero attached hydrogens (tertiary/aromatic N) is 1. The third kappa shape index (κ3) is 8.79. The zero-order valence-corrected chi connectivity index (χ0v) is 27.7. The van der Waals surface area contributed by atoms with Crippen molar-refractivity contribution in [3.05, 3.63) is 11.6 Å². The predicted molar refractivity (Wildman–Crippen MR) is 164 cm³/mol. The Morgan fingerprint density at radius 1 is 1.02 bits per heavy atom. The highest BCUT2D eigenvalue weighted by Gasteiger charge is 2.63. The van der Waals surface area contributed by atoms with Crippen LogP contribution in [0.15, 0.2) is 6.07 Å². The fourth-order valence-corrected chi connectivity index (χ4v) is 6.71. The van der Waals surface area contributed by atoms with Crippen LogP contribution in [0.5, 0.6) is 11.8 Å². The standard InChI is InChI=1S/C32H58N4O5/c1-21(2)26(39)41-30(9,10)19-29(7,8)35-27(40)34-14-13-33-15-16-36-24(37)17-23(25(36)38)28(5,6)18-31(11)20-32(31,12)22(3)4/h17,21-22,33,37-38H,13-16,18-20H2,1-12H3,(H2,34,35,40). The SMILES string of the molecule is CC(C)C(=O)OC(C)(C)CC(C)(C)NC(=O)NCCNCCn1c(O)cc(C(C)(C)CC2(C)CC2(C)C(C)C)c1O. The first-order chi connectivity index (χ1) is 18.6. The Hall–Kier alpha value is -2.42. The first-order valence-electron chi connectivity index (χ1n) is 15.2. The summed E-state index contributed by atoms with van der Waals surface area (Å²) >= 11 is 0. The summed E-state index contributed by atoms with van der Waals surface area (Å²) in [6.45, 7) is 26.5. The number of ether oxygens (including phenoxy) is 1. The Morgan fingerprint density at radius 2 is 1.63 bits per heavy atom. The highest BCUT2D eigenvalue weighted by atomic mass is 16.6. The summed E-state index contributed by atoms with van der Waals surface area (Å²) in [6, 6.07) is 1.40. The fraction of sp³-hybridized carbons (Fsp3) is 0.812. The maximum atomic E-state index is 12.5. The highest BCUT2D eigenvalue weighted by molar-refractivity contribution is 5.74. The fourth-order valence-electron chi connectivity index (χ4n) is 6.71. The van der Waals surface area contributed by atoms with Gasteiger partial charge in [-0.25, -0.2) is 4.79 Å². The second-order valence-corrected chi connectivity index (χ2v) is 15.3. The van der Waals surface area contributed by atoms with Crippen molar-refractivity contribution in [2.75, 3.05) is 19.6 Å². The van der Waals surface area contributed by atoms with E-state index in [9.17, 15) is 19.8 Å². The molecule has 1 aromatic heterocycles. The van der Waals surface area contributed by atoms with Crippen LogP contribution >= 0.6 is 0 Å². The molecule has 1 saturated carbocycles. The van der Waals surface area contributed by atoms with Gasteiger partial charge in [0.05, 0.1) is 5.92 Å². The van der Waals surface area contributed by atoms with E-state index in [1.165, 1.54) is 11.0 Å². The minimum absolute atomic E-state index is 0.0571. The molecule has 9 heteroatoms. The molecular weight excluding hydrogens is 520 g/mol. The molecule has 9 nitrogen and oxygen atoms in total. The van der Waals surface area contributed by atoms with Crippen LogP contribution in [0.1, 0.15) is 108 Å². The first-order valence-corrected chi connectivity index (χ1v) is 15.2. The molecule has 2 atom stereocenters. The van der Waals surface area contributed by atoms with Crippen molar-refractivity contribution in [3.63, 3.8) is 0 Å². The van der Waals surface area contributed by atoms with Crippen molar-refractivity contribution in [3.8, 4) is 11.8 Å². The Morgan fingerprint density at radius 3 is 2.17 bits per heavy atom. The summed E-state index contributed by atoms with van der Waals surface area (Å²) in [6.07, 6.45) is 2.58. The molecule has 1 aliphatic carbocycles. The normalized spacial score (nSPS) is 21.3. The molecule has 1 aliphatic rings. The number of esters is 1. The summed E-state index contributed by atoms with van der Waals surface area (Å²) in [5.74, 6) is 0.303. The van der Waals surface area contributed by atoms with Gasteiger partial charge in [0.2, 0.25) is 0 Å². The number of nitrogens with one attached hydrogen (secondary N) is 3. The largest absolute Gasteiger partial charge is 0.494 e. The minimum atomic E-state index is -0.713. The first kappa shape index (κ1) is 34.8. The molecule has 0 aromatic carbocycles. The van der Waals surface area contributed by atoms with Gasteiger partial charge in [0.1, 0.15) is 5.60 Å². The van der Waals surface area contributed by atoms with Gasteiger partial charge in [0, 0.05) is 49.8 Å². The van der Waals surface area contributed by atoms with Crippen LogP contribution < -0.4 is 16.0 Å². The summed E-state index contributed by atoms with van der Waals surface area (Å²) in [7, 11) is 0. The maximum absolute atomic E-state index is 12.5. The van der Waals surface area contributed by atoms with Crippen LogP contribution in [-0.4, -0.2) is 57.6 Å². The average molecular weight is 579 g/mol. The van der Waals surface area contributed by atoms with Crippen LogP contribution in [-0.2, 0) is 21.5 Å². The van der Waals surface area contributed by atoms with Crippen molar-refractivity contribution in [1.82, 2.24) is 20.5 Å². The van der Waals surface area contributed by atoms with E-state index < -0.39 is 11.1 Å². The van der Waals surface area contributed by atoms with Crippen molar-refractivity contribution in [2.24, 2.45) is 22.7 Å². The quantitative estimate of drug-likeness (QED) is 0.135. The lowest BCUT2D eigenvalue weighted by Crippen LogP contribution is -2.52. The van der Waals surface area contributed by atoms with E-state index >= 15 is 0 Å². The molecule has 2 amide bonds.